The van der Waals surface area contributed by atoms with Crippen LogP contribution in [0.1, 0.15) is 316 Å². The van der Waals surface area contributed by atoms with E-state index in [0.717, 1.165) is 109 Å². The van der Waals surface area contributed by atoms with Crippen LogP contribution in [0.2, 0.25) is 0 Å². The Morgan fingerprint density at radius 2 is 0.520 bits per heavy atom. The van der Waals surface area contributed by atoms with Crippen LogP contribution in [0.25, 0.3) is 0 Å². The van der Waals surface area contributed by atoms with Crippen LogP contribution in [0.3, 0.4) is 0 Å². The minimum atomic E-state index is -0.778. The fourth-order valence-electron chi connectivity index (χ4n) is 9.16. The van der Waals surface area contributed by atoms with E-state index in [0.29, 0.717) is 19.3 Å². The van der Waals surface area contributed by atoms with Crippen molar-refractivity contribution in [3.8, 4) is 0 Å². The number of carbonyl (C=O) groups excluding carboxylic acids is 3. The van der Waals surface area contributed by atoms with Crippen molar-refractivity contribution in [1.82, 2.24) is 0 Å². The molecule has 6 nitrogen and oxygen atoms in total. The van der Waals surface area contributed by atoms with E-state index in [2.05, 4.69) is 106 Å². The third-order valence-corrected chi connectivity index (χ3v) is 13.9. The highest BCUT2D eigenvalue weighted by atomic mass is 16.6. The lowest BCUT2D eigenvalue weighted by Gasteiger charge is -2.18. The van der Waals surface area contributed by atoms with E-state index < -0.39 is 6.10 Å². The summed E-state index contributed by atoms with van der Waals surface area (Å²) in [6.07, 6.45) is 83.3. The molecule has 1 unspecified atom stereocenters. The van der Waals surface area contributed by atoms with Gasteiger partial charge in [0.25, 0.3) is 0 Å². The summed E-state index contributed by atoms with van der Waals surface area (Å²) in [6.45, 7) is 6.42. The van der Waals surface area contributed by atoms with Crippen molar-refractivity contribution in [2.24, 2.45) is 0 Å². The second-order valence-corrected chi connectivity index (χ2v) is 21.3. The van der Waals surface area contributed by atoms with Gasteiger partial charge in [0.1, 0.15) is 13.2 Å². The fraction of sp³-hybridized carbons (Fsp3) is 0.754. The third kappa shape index (κ3) is 61.3. The number of hydrogen-bond acceptors (Lipinski definition) is 6. The van der Waals surface area contributed by atoms with E-state index in [4.69, 9.17) is 14.2 Å². The van der Waals surface area contributed by atoms with Gasteiger partial charge in [-0.15, -0.1) is 0 Å². The maximum absolute atomic E-state index is 12.9. The van der Waals surface area contributed by atoms with Gasteiger partial charge in [-0.2, -0.15) is 0 Å². The lowest BCUT2D eigenvalue weighted by Crippen LogP contribution is -2.30. The van der Waals surface area contributed by atoms with Gasteiger partial charge >= 0.3 is 17.9 Å². The van der Waals surface area contributed by atoms with E-state index in [-0.39, 0.29) is 31.1 Å². The van der Waals surface area contributed by atoms with Gasteiger partial charge in [-0.05, 0) is 89.9 Å². The molecule has 0 aliphatic rings. The predicted octanol–water partition coefficient (Wildman–Crippen LogP) is 21.9. The zero-order valence-electron chi connectivity index (χ0n) is 49.6. The van der Waals surface area contributed by atoms with Crippen molar-refractivity contribution in [1.29, 1.82) is 0 Å². The molecule has 432 valence electrons. The summed E-state index contributed by atoms with van der Waals surface area (Å²) in [5.41, 5.74) is 0. The molecule has 0 bridgehead atoms. The summed E-state index contributed by atoms with van der Waals surface area (Å²) >= 11 is 0. The third-order valence-electron chi connectivity index (χ3n) is 13.9. The molecule has 0 aliphatic heterocycles. The molecule has 0 aromatic carbocycles. The molecule has 0 fully saturated rings. The second-order valence-electron chi connectivity index (χ2n) is 21.3. The van der Waals surface area contributed by atoms with Gasteiger partial charge in [-0.3, -0.25) is 14.4 Å². The maximum atomic E-state index is 12.9. The van der Waals surface area contributed by atoms with Crippen LogP contribution in [0.15, 0.2) is 85.1 Å². The molecule has 75 heavy (non-hydrogen) atoms. The Labute approximate surface area is 465 Å². The first-order chi connectivity index (χ1) is 37.0. The molecule has 0 saturated carbocycles. The first-order valence-electron chi connectivity index (χ1n) is 32.1. The number of unbranched alkanes of at least 4 members (excludes halogenated alkanes) is 33. The van der Waals surface area contributed by atoms with Crippen molar-refractivity contribution in [2.45, 2.75) is 322 Å². The van der Waals surface area contributed by atoms with Crippen molar-refractivity contribution < 1.29 is 28.6 Å². The number of esters is 3. The minimum absolute atomic E-state index is 0.0763. The highest BCUT2D eigenvalue weighted by Gasteiger charge is 2.19. The van der Waals surface area contributed by atoms with Crippen LogP contribution in [-0.2, 0) is 28.6 Å². The molecule has 0 rings (SSSR count). The largest absolute Gasteiger partial charge is 0.462 e. The van der Waals surface area contributed by atoms with Crippen LogP contribution in [0.5, 0.6) is 0 Å². The SMILES string of the molecule is CC/C=C\C/C=C\C/C=C\C/C=C\CCCCCCCCCCCCCCCCCCCCC(=O)OCC(COC(=O)CCCCCCCCCCC)OC(=O)CCCCCCCCC/C=C\C/C=C\C/C=C\CC. The quantitative estimate of drug-likeness (QED) is 0.0261. The molecule has 0 aromatic heterocycles. The average molecular weight is 1050 g/mol. The van der Waals surface area contributed by atoms with Crippen LogP contribution in [-0.4, -0.2) is 37.2 Å². The Kier molecular flexibility index (Phi) is 60.3. The monoisotopic (exact) mass is 1040 g/mol. The van der Waals surface area contributed by atoms with E-state index in [1.165, 1.54) is 167 Å². The zero-order chi connectivity index (χ0) is 54.3. The number of carbonyl (C=O) groups is 3. The molecule has 0 radical (unpaired) electrons. The Hall–Kier alpha value is -3.41. The van der Waals surface area contributed by atoms with E-state index in [1.54, 1.807) is 0 Å². The van der Waals surface area contributed by atoms with Crippen LogP contribution >= 0.6 is 0 Å². The van der Waals surface area contributed by atoms with Crippen molar-refractivity contribution in [3.05, 3.63) is 85.1 Å². The Morgan fingerprint density at radius 1 is 0.280 bits per heavy atom. The smallest absolute Gasteiger partial charge is 0.306 e. The topological polar surface area (TPSA) is 78.9 Å². The van der Waals surface area contributed by atoms with E-state index in [1.807, 2.05) is 0 Å². The molecule has 0 spiro atoms. The van der Waals surface area contributed by atoms with Crippen LogP contribution in [0.4, 0.5) is 0 Å². The summed E-state index contributed by atoms with van der Waals surface area (Å²) in [4.78, 5) is 38.1. The average Bonchev–Trinajstić information content (AvgIpc) is 3.41. The first kappa shape index (κ1) is 71.6. The Morgan fingerprint density at radius 3 is 0.813 bits per heavy atom. The normalized spacial score (nSPS) is 12.6. The molecule has 0 saturated heterocycles. The summed E-state index contributed by atoms with van der Waals surface area (Å²) in [6, 6.07) is 0. The maximum Gasteiger partial charge on any atom is 0.306 e. The van der Waals surface area contributed by atoms with Gasteiger partial charge in [0.2, 0.25) is 0 Å². The molecular formula is C69H120O6. The van der Waals surface area contributed by atoms with Crippen molar-refractivity contribution in [2.75, 3.05) is 13.2 Å². The second kappa shape index (κ2) is 63.1. The van der Waals surface area contributed by atoms with Crippen molar-refractivity contribution in [3.63, 3.8) is 0 Å². The molecule has 1 atom stereocenters. The molecule has 0 amide bonds. The summed E-state index contributed by atoms with van der Waals surface area (Å²) in [5.74, 6) is -0.876. The molecule has 0 aliphatic carbocycles. The Bertz CT molecular complexity index is 1430. The Balaban J connectivity index is 4.10. The van der Waals surface area contributed by atoms with Gasteiger partial charge in [0, 0.05) is 19.3 Å². The van der Waals surface area contributed by atoms with Crippen molar-refractivity contribution >= 4 is 17.9 Å². The molecule has 0 aromatic rings. The molecule has 6 heteroatoms. The lowest BCUT2D eigenvalue weighted by molar-refractivity contribution is -0.167. The predicted molar refractivity (Wildman–Crippen MR) is 325 cm³/mol. The zero-order valence-corrected chi connectivity index (χ0v) is 49.6. The first-order valence-corrected chi connectivity index (χ1v) is 32.1. The van der Waals surface area contributed by atoms with Gasteiger partial charge in [-0.25, -0.2) is 0 Å². The van der Waals surface area contributed by atoms with E-state index >= 15 is 0 Å². The number of hydrogen-bond donors (Lipinski definition) is 0. The van der Waals surface area contributed by atoms with E-state index in [9.17, 15) is 14.4 Å². The standard InChI is InChI=1S/C69H120O6/c1-4-7-10-13-16-19-21-23-25-27-28-29-30-31-32-33-34-35-36-37-38-39-40-42-43-45-47-50-53-56-59-62-68(71)74-65-66(64-73-67(70)61-58-55-52-49-18-15-12-9-6-3)75-69(72)63-60-57-54-51-48-46-44-41-26-24-22-20-17-14-11-8-5-2/h7-8,10-11,16-17,19-20,23-26,28-29,66H,4-6,9,12-15,18,21-22,27,30-65H2,1-3H3/b10-7-,11-8-,19-16-,20-17-,25-23-,26-24-,29-28-. The van der Waals surface area contributed by atoms with Gasteiger partial charge in [0.15, 0.2) is 6.10 Å². The number of allylic oxidation sites excluding steroid dienone is 14. The number of rotatable bonds is 58. The number of ether oxygens (including phenoxy) is 3. The highest BCUT2D eigenvalue weighted by Crippen LogP contribution is 2.17. The highest BCUT2D eigenvalue weighted by molar-refractivity contribution is 5.71. The molecular weight excluding hydrogens is 925 g/mol. The fourth-order valence-corrected chi connectivity index (χ4v) is 9.16. The van der Waals surface area contributed by atoms with Gasteiger partial charge in [0.05, 0.1) is 0 Å². The molecule has 0 heterocycles. The summed E-state index contributed by atoms with van der Waals surface area (Å²) in [5, 5.41) is 0. The van der Waals surface area contributed by atoms with Crippen LogP contribution < -0.4 is 0 Å². The summed E-state index contributed by atoms with van der Waals surface area (Å²) < 4.78 is 16.9. The molecule has 0 N–H and O–H groups in total. The van der Waals surface area contributed by atoms with Gasteiger partial charge in [-0.1, -0.05) is 292 Å². The lowest BCUT2D eigenvalue weighted by atomic mass is 10.0. The minimum Gasteiger partial charge on any atom is -0.462 e. The van der Waals surface area contributed by atoms with Crippen LogP contribution in [0, 0.1) is 0 Å². The van der Waals surface area contributed by atoms with Gasteiger partial charge < -0.3 is 14.2 Å². The summed E-state index contributed by atoms with van der Waals surface area (Å²) in [7, 11) is 0.